The van der Waals surface area contributed by atoms with E-state index in [1.165, 1.54) is 5.56 Å². The van der Waals surface area contributed by atoms with E-state index in [1.54, 1.807) is 0 Å². The number of nitrogens with zero attached hydrogens (tertiary/aromatic N) is 4. The molecule has 0 atom stereocenters. The molecule has 0 bridgehead atoms. The number of aromatic nitrogens is 4. The third-order valence-electron chi connectivity index (χ3n) is 4.34. The van der Waals surface area contributed by atoms with Gasteiger partial charge in [-0.2, -0.15) is 0 Å². The van der Waals surface area contributed by atoms with Gasteiger partial charge in [0.2, 0.25) is 0 Å². The molecule has 0 aliphatic carbocycles. The van der Waals surface area contributed by atoms with Gasteiger partial charge in [-0.05, 0) is 12.5 Å². The van der Waals surface area contributed by atoms with Crippen LogP contribution in [0.25, 0.3) is 0 Å². The van der Waals surface area contributed by atoms with Crippen molar-refractivity contribution in [3.05, 3.63) is 81.5 Å². The van der Waals surface area contributed by atoms with Gasteiger partial charge in [-0.25, -0.2) is 9.97 Å². The van der Waals surface area contributed by atoms with Crippen LogP contribution in [0.3, 0.4) is 0 Å². The third kappa shape index (κ3) is 2.88. The van der Waals surface area contributed by atoms with E-state index in [2.05, 4.69) is 36.6 Å². The van der Waals surface area contributed by atoms with Crippen molar-refractivity contribution in [1.29, 1.82) is 0 Å². The fraction of sp³-hybridized carbons (Fsp3) is 0.278. The van der Waals surface area contributed by atoms with Gasteiger partial charge in [-0.15, -0.1) is 0 Å². The molecule has 1 N–H and O–H groups in total. The smallest absolute Gasteiger partial charge is 0.255 e. The van der Waals surface area contributed by atoms with Crippen molar-refractivity contribution in [2.24, 2.45) is 0 Å². The number of aryl methyl sites for hydroxylation is 1. The van der Waals surface area contributed by atoms with E-state index < -0.39 is 0 Å². The molecule has 2 aromatic heterocycles. The van der Waals surface area contributed by atoms with Crippen molar-refractivity contribution in [3.63, 3.8) is 0 Å². The number of fused-ring (bicyclic) bond motifs is 1. The van der Waals surface area contributed by atoms with Crippen LogP contribution in [0.2, 0.25) is 0 Å². The molecule has 1 aliphatic heterocycles. The predicted molar refractivity (Wildman–Crippen MR) is 90.3 cm³/mol. The lowest BCUT2D eigenvalue weighted by molar-refractivity contribution is 0.262. The molecule has 1 aliphatic rings. The Labute approximate surface area is 139 Å². The molecule has 0 radical (unpaired) electrons. The standard InChI is InChI=1S/C18H19N5O/c1-13-20-16-11-22(10-15(16)18(24)21-13)12-17-19-7-8-23(17)9-14-5-3-2-4-6-14/h2-8H,9-12H2,1H3,(H,20,21,24). The number of hydrogen-bond donors (Lipinski definition) is 1. The van der Waals surface area contributed by atoms with Gasteiger partial charge in [0.25, 0.3) is 5.56 Å². The van der Waals surface area contributed by atoms with E-state index in [-0.39, 0.29) is 5.56 Å². The van der Waals surface area contributed by atoms with Crippen molar-refractivity contribution in [2.45, 2.75) is 33.1 Å². The van der Waals surface area contributed by atoms with Crippen molar-refractivity contribution >= 4 is 0 Å². The van der Waals surface area contributed by atoms with E-state index in [9.17, 15) is 4.79 Å². The monoisotopic (exact) mass is 321 g/mol. The van der Waals surface area contributed by atoms with E-state index >= 15 is 0 Å². The van der Waals surface area contributed by atoms with Gasteiger partial charge in [0.1, 0.15) is 11.6 Å². The molecule has 0 fully saturated rings. The van der Waals surface area contributed by atoms with Crippen molar-refractivity contribution in [2.75, 3.05) is 0 Å². The average Bonchev–Trinajstić information content (AvgIpc) is 3.16. The molecular weight excluding hydrogens is 302 g/mol. The van der Waals surface area contributed by atoms with Crippen molar-refractivity contribution < 1.29 is 0 Å². The van der Waals surface area contributed by atoms with Gasteiger partial charge < -0.3 is 9.55 Å². The Bertz CT molecular complexity index is 913. The van der Waals surface area contributed by atoms with E-state index in [0.717, 1.165) is 23.6 Å². The van der Waals surface area contributed by atoms with Crippen LogP contribution in [0, 0.1) is 6.92 Å². The predicted octanol–water partition coefficient (Wildman–Crippen LogP) is 1.84. The third-order valence-corrected chi connectivity index (χ3v) is 4.34. The number of rotatable bonds is 4. The summed E-state index contributed by atoms with van der Waals surface area (Å²) in [7, 11) is 0. The zero-order valence-electron chi connectivity index (χ0n) is 13.6. The normalized spacial score (nSPS) is 14.0. The lowest BCUT2D eigenvalue weighted by atomic mass is 10.2. The minimum absolute atomic E-state index is 0.0207. The minimum Gasteiger partial charge on any atom is -0.329 e. The molecule has 0 unspecified atom stereocenters. The highest BCUT2D eigenvalue weighted by molar-refractivity contribution is 5.22. The first-order chi connectivity index (χ1) is 11.7. The first-order valence-electron chi connectivity index (χ1n) is 8.04. The number of benzene rings is 1. The van der Waals surface area contributed by atoms with E-state index in [4.69, 9.17) is 0 Å². The Balaban J connectivity index is 1.51. The molecule has 0 spiro atoms. The summed E-state index contributed by atoms with van der Waals surface area (Å²) in [4.78, 5) is 26.0. The second kappa shape index (κ2) is 6.05. The van der Waals surface area contributed by atoms with Crippen LogP contribution in [0.5, 0.6) is 0 Å². The van der Waals surface area contributed by atoms with Crippen LogP contribution < -0.4 is 5.56 Å². The first kappa shape index (κ1) is 14.8. The molecule has 1 aromatic carbocycles. The van der Waals surface area contributed by atoms with Crippen LogP contribution in [-0.2, 0) is 26.2 Å². The second-order valence-electron chi connectivity index (χ2n) is 6.18. The van der Waals surface area contributed by atoms with Crippen LogP contribution in [0.4, 0.5) is 0 Å². The summed E-state index contributed by atoms with van der Waals surface area (Å²) in [6, 6.07) is 10.3. The van der Waals surface area contributed by atoms with Gasteiger partial charge in [0, 0.05) is 32.0 Å². The van der Waals surface area contributed by atoms with Gasteiger partial charge in [0.05, 0.1) is 17.8 Å². The van der Waals surface area contributed by atoms with E-state index in [0.29, 0.717) is 25.5 Å². The SMILES string of the molecule is Cc1nc2c(c(=O)[nH]1)CN(Cc1nccn1Cc1ccccc1)C2. The number of aromatic amines is 1. The van der Waals surface area contributed by atoms with Crippen molar-refractivity contribution in [3.8, 4) is 0 Å². The van der Waals surface area contributed by atoms with Crippen LogP contribution in [-0.4, -0.2) is 24.4 Å². The van der Waals surface area contributed by atoms with Gasteiger partial charge in [0.15, 0.2) is 0 Å². The van der Waals surface area contributed by atoms with Crippen LogP contribution in [0.15, 0.2) is 47.5 Å². The molecule has 4 rings (SSSR count). The molecular formula is C18H19N5O. The quantitative estimate of drug-likeness (QED) is 0.796. The number of imidazole rings is 1. The summed E-state index contributed by atoms with van der Waals surface area (Å²) in [5, 5.41) is 0. The Morgan fingerprint density at radius 2 is 2.00 bits per heavy atom. The number of nitrogens with one attached hydrogen (secondary N) is 1. The molecule has 0 saturated heterocycles. The molecule has 24 heavy (non-hydrogen) atoms. The summed E-state index contributed by atoms with van der Waals surface area (Å²) in [5.74, 6) is 1.67. The molecule has 122 valence electrons. The highest BCUT2D eigenvalue weighted by Gasteiger charge is 2.24. The molecule has 0 amide bonds. The fourth-order valence-electron chi connectivity index (χ4n) is 3.18. The molecule has 3 aromatic rings. The summed E-state index contributed by atoms with van der Waals surface area (Å²) in [6.45, 7) is 4.63. The Hall–Kier alpha value is -2.73. The van der Waals surface area contributed by atoms with Crippen LogP contribution >= 0.6 is 0 Å². The number of hydrogen-bond acceptors (Lipinski definition) is 4. The van der Waals surface area contributed by atoms with Crippen LogP contribution in [0.1, 0.15) is 28.5 Å². The highest BCUT2D eigenvalue weighted by Crippen LogP contribution is 2.19. The van der Waals surface area contributed by atoms with E-state index in [1.807, 2.05) is 37.5 Å². The number of H-pyrrole nitrogens is 1. The maximum Gasteiger partial charge on any atom is 0.255 e. The second-order valence-corrected chi connectivity index (χ2v) is 6.18. The highest BCUT2D eigenvalue weighted by atomic mass is 16.1. The van der Waals surface area contributed by atoms with Crippen molar-refractivity contribution in [1.82, 2.24) is 24.4 Å². The minimum atomic E-state index is -0.0207. The largest absolute Gasteiger partial charge is 0.329 e. The molecule has 6 heteroatoms. The fourth-order valence-corrected chi connectivity index (χ4v) is 3.18. The molecule has 0 saturated carbocycles. The average molecular weight is 321 g/mol. The maximum atomic E-state index is 12.0. The van der Waals surface area contributed by atoms with Gasteiger partial charge in [-0.3, -0.25) is 9.69 Å². The zero-order valence-corrected chi connectivity index (χ0v) is 13.6. The molecule has 6 nitrogen and oxygen atoms in total. The Morgan fingerprint density at radius 3 is 2.83 bits per heavy atom. The summed E-state index contributed by atoms with van der Waals surface area (Å²) in [5.41, 5.74) is 2.89. The zero-order chi connectivity index (χ0) is 16.5. The summed E-state index contributed by atoms with van der Waals surface area (Å²) >= 11 is 0. The Kier molecular flexibility index (Phi) is 3.74. The van der Waals surface area contributed by atoms with Gasteiger partial charge >= 0.3 is 0 Å². The Morgan fingerprint density at radius 1 is 1.17 bits per heavy atom. The first-order valence-corrected chi connectivity index (χ1v) is 8.04. The lowest BCUT2D eigenvalue weighted by Crippen LogP contribution is -2.20. The molecule has 3 heterocycles. The maximum absolute atomic E-state index is 12.0. The summed E-state index contributed by atoms with van der Waals surface area (Å²) in [6.07, 6.45) is 3.83. The summed E-state index contributed by atoms with van der Waals surface area (Å²) < 4.78 is 2.15. The lowest BCUT2D eigenvalue weighted by Gasteiger charge is -2.15. The topological polar surface area (TPSA) is 66.8 Å². The van der Waals surface area contributed by atoms with Gasteiger partial charge in [-0.1, -0.05) is 30.3 Å².